The zero-order chi connectivity index (χ0) is 15.7. The third kappa shape index (κ3) is 3.79. The van der Waals surface area contributed by atoms with Crippen LogP contribution in [0, 0.1) is 0 Å². The van der Waals surface area contributed by atoms with E-state index in [2.05, 4.69) is 4.90 Å². The van der Waals surface area contributed by atoms with Gasteiger partial charge in [0, 0.05) is 38.3 Å². The molecule has 2 N–H and O–H groups in total. The smallest absolute Gasteiger partial charge is 0.276 e. The van der Waals surface area contributed by atoms with E-state index in [0.717, 1.165) is 25.7 Å². The van der Waals surface area contributed by atoms with Crippen molar-refractivity contribution in [2.75, 3.05) is 32.7 Å². The summed E-state index contributed by atoms with van der Waals surface area (Å²) in [7, 11) is -3.60. The molecule has 1 heterocycles. The molecule has 7 nitrogen and oxygen atoms in total. The molecule has 0 atom stereocenters. The summed E-state index contributed by atoms with van der Waals surface area (Å²) in [6.45, 7) is 2.31. The van der Waals surface area contributed by atoms with Crippen LogP contribution in [-0.2, 0) is 15.0 Å². The lowest BCUT2D eigenvalue weighted by Gasteiger charge is -2.35. The Labute approximate surface area is 132 Å². The monoisotopic (exact) mass is 330 g/mol. The van der Waals surface area contributed by atoms with E-state index < -0.39 is 10.2 Å². The molecule has 1 aliphatic heterocycles. The van der Waals surface area contributed by atoms with E-state index in [9.17, 15) is 13.2 Å². The van der Waals surface area contributed by atoms with Crippen LogP contribution in [0.1, 0.15) is 38.5 Å². The zero-order valence-corrected chi connectivity index (χ0v) is 13.8. The van der Waals surface area contributed by atoms with Crippen LogP contribution >= 0.6 is 0 Å². The van der Waals surface area contributed by atoms with Gasteiger partial charge in [-0.1, -0.05) is 12.8 Å². The van der Waals surface area contributed by atoms with Crippen molar-refractivity contribution in [3.8, 4) is 0 Å². The fourth-order valence-electron chi connectivity index (χ4n) is 3.66. The van der Waals surface area contributed by atoms with E-state index >= 15 is 0 Å². The maximum Gasteiger partial charge on any atom is 0.276 e. The van der Waals surface area contributed by atoms with Crippen molar-refractivity contribution >= 4 is 16.1 Å². The van der Waals surface area contributed by atoms with Gasteiger partial charge in [0.05, 0.1) is 6.54 Å². The molecule has 126 valence electrons. The predicted molar refractivity (Wildman–Crippen MR) is 83.2 cm³/mol. The molecule has 0 spiro atoms. The molecule has 3 aliphatic rings. The molecule has 0 aromatic heterocycles. The molecule has 0 radical (unpaired) electrons. The lowest BCUT2D eigenvalue weighted by molar-refractivity contribution is -0.135. The predicted octanol–water partition coefficient (Wildman–Crippen LogP) is -0.259. The Balaban J connectivity index is 1.53. The number of hydrogen-bond donors (Lipinski definition) is 1. The first-order chi connectivity index (χ1) is 10.4. The molecule has 2 aliphatic carbocycles. The molecule has 0 unspecified atom stereocenters. The second-order valence-corrected chi connectivity index (χ2v) is 8.24. The highest BCUT2D eigenvalue weighted by Crippen LogP contribution is 2.34. The normalized spacial score (nSPS) is 25.5. The zero-order valence-electron chi connectivity index (χ0n) is 13.0. The number of nitrogens with two attached hydrogens (primary N) is 1. The quantitative estimate of drug-likeness (QED) is 0.752. The minimum absolute atomic E-state index is 0.221. The van der Waals surface area contributed by atoms with Crippen molar-refractivity contribution in [1.82, 2.24) is 14.1 Å². The summed E-state index contributed by atoms with van der Waals surface area (Å²) in [6, 6.07) is 0.895. The fraction of sp³-hybridized carbons (Fsp3) is 0.929. The lowest BCUT2D eigenvalue weighted by Crippen LogP contribution is -2.53. The van der Waals surface area contributed by atoms with Crippen LogP contribution in [-0.4, -0.2) is 73.2 Å². The average molecular weight is 330 g/mol. The molecule has 1 saturated heterocycles. The first-order valence-corrected chi connectivity index (χ1v) is 9.77. The molecular formula is C14H26N4O3S. The highest BCUT2D eigenvalue weighted by atomic mass is 32.2. The van der Waals surface area contributed by atoms with E-state index in [1.807, 2.05) is 4.90 Å². The Morgan fingerprint density at radius 3 is 2.05 bits per heavy atom. The Kier molecular flexibility index (Phi) is 4.72. The van der Waals surface area contributed by atoms with Gasteiger partial charge in [0.15, 0.2) is 0 Å². The van der Waals surface area contributed by atoms with Crippen molar-refractivity contribution in [2.24, 2.45) is 5.14 Å². The Morgan fingerprint density at radius 2 is 1.55 bits per heavy atom. The second-order valence-electron chi connectivity index (χ2n) is 6.69. The summed E-state index contributed by atoms with van der Waals surface area (Å²) in [4.78, 5) is 16.9. The number of amides is 1. The van der Waals surface area contributed by atoms with Crippen molar-refractivity contribution in [3.63, 3.8) is 0 Å². The van der Waals surface area contributed by atoms with Gasteiger partial charge in [-0.3, -0.25) is 9.69 Å². The number of nitrogens with zero attached hydrogens (tertiary/aromatic N) is 3. The molecule has 0 aromatic rings. The standard InChI is InChI=1S/C14H26N4O3S/c15-22(20,21)17-9-7-16(8-10-17)11-14(19)18(13-5-6-13)12-3-1-2-4-12/h12-13H,1-11H2,(H2,15,20,21). The highest BCUT2D eigenvalue weighted by Gasteiger charge is 2.38. The molecule has 2 saturated carbocycles. The van der Waals surface area contributed by atoms with Gasteiger partial charge in [-0.25, -0.2) is 5.14 Å². The highest BCUT2D eigenvalue weighted by molar-refractivity contribution is 7.86. The number of piperazine rings is 1. The van der Waals surface area contributed by atoms with Gasteiger partial charge in [-0.15, -0.1) is 0 Å². The first kappa shape index (κ1) is 16.2. The summed E-state index contributed by atoms with van der Waals surface area (Å²) < 4.78 is 23.9. The van der Waals surface area contributed by atoms with E-state index in [-0.39, 0.29) is 5.91 Å². The Hall–Kier alpha value is -0.700. The van der Waals surface area contributed by atoms with E-state index in [1.54, 1.807) is 0 Å². The van der Waals surface area contributed by atoms with Crippen molar-refractivity contribution in [1.29, 1.82) is 0 Å². The number of carbonyl (C=O) groups is 1. The molecule has 3 fully saturated rings. The van der Waals surface area contributed by atoms with Crippen molar-refractivity contribution in [2.45, 2.75) is 50.6 Å². The van der Waals surface area contributed by atoms with E-state index in [1.165, 1.54) is 17.1 Å². The Bertz CT molecular complexity index is 506. The van der Waals surface area contributed by atoms with Gasteiger partial charge >= 0.3 is 0 Å². The van der Waals surface area contributed by atoms with Gasteiger partial charge in [-0.2, -0.15) is 12.7 Å². The van der Waals surface area contributed by atoms with E-state index in [4.69, 9.17) is 5.14 Å². The summed E-state index contributed by atoms with van der Waals surface area (Å²) >= 11 is 0. The largest absolute Gasteiger partial charge is 0.336 e. The van der Waals surface area contributed by atoms with Crippen LogP contribution in [0.2, 0.25) is 0 Å². The maximum atomic E-state index is 12.7. The summed E-state index contributed by atoms with van der Waals surface area (Å²) in [6.07, 6.45) is 7.02. The van der Waals surface area contributed by atoms with Crippen LogP contribution in [0.3, 0.4) is 0 Å². The lowest BCUT2D eigenvalue weighted by atomic mass is 10.2. The minimum Gasteiger partial charge on any atom is -0.336 e. The van der Waals surface area contributed by atoms with Crippen LogP contribution in [0.15, 0.2) is 0 Å². The van der Waals surface area contributed by atoms with Gasteiger partial charge in [0.1, 0.15) is 0 Å². The SMILES string of the molecule is NS(=O)(=O)N1CCN(CC(=O)N(C2CCCC2)C2CC2)CC1. The van der Waals surface area contributed by atoms with Gasteiger partial charge in [0.2, 0.25) is 5.91 Å². The molecule has 0 bridgehead atoms. The summed E-state index contributed by atoms with van der Waals surface area (Å²) in [5, 5.41) is 5.14. The maximum absolute atomic E-state index is 12.7. The van der Waals surface area contributed by atoms with Gasteiger partial charge < -0.3 is 4.90 Å². The number of hydrogen-bond acceptors (Lipinski definition) is 4. The van der Waals surface area contributed by atoms with Crippen molar-refractivity contribution < 1.29 is 13.2 Å². The van der Waals surface area contributed by atoms with Gasteiger partial charge in [0.25, 0.3) is 10.2 Å². The topological polar surface area (TPSA) is 87.0 Å². The first-order valence-electron chi connectivity index (χ1n) is 8.26. The molecule has 1 amide bonds. The van der Waals surface area contributed by atoms with Crippen LogP contribution in [0.25, 0.3) is 0 Å². The Morgan fingerprint density at radius 1 is 1.00 bits per heavy atom. The average Bonchev–Trinajstić information content (AvgIpc) is 3.13. The number of rotatable bonds is 5. The number of carbonyl (C=O) groups excluding carboxylic acids is 1. The fourth-order valence-corrected chi connectivity index (χ4v) is 4.33. The molecule has 0 aromatic carbocycles. The third-order valence-corrected chi connectivity index (χ3v) is 6.08. The minimum atomic E-state index is -3.60. The van der Waals surface area contributed by atoms with Crippen LogP contribution in [0.5, 0.6) is 0 Å². The molecule has 3 rings (SSSR count). The van der Waals surface area contributed by atoms with E-state index in [0.29, 0.717) is 44.8 Å². The van der Waals surface area contributed by atoms with Crippen LogP contribution < -0.4 is 5.14 Å². The summed E-state index contributed by atoms with van der Waals surface area (Å²) in [5.74, 6) is 0.221. The molecular weight excluding hydrogens is 304 g/mol. The molecule has 22 heavy (non-hydrogen) atoms. The third-order valence-electron chi connectivity index (χ3n) is 5.00. The molecule has 8 heteroatoms. The second kappa shape index (κ2) is 6.43. The van der Waals surface area contributed by atoms with Gasteiger partial charge in [-0.05, 0) is 25.7 Å². The summed E-state index contributed by atoms with van der Waals surface area (Å²) in [5.41, 5.74) is 0. The van der Waals surface area contributed by atoms with Crippen LogP contribution in [0.4, 0.5) is 0 Å². The van der Waals surface area contributed by atoms with Crippen molar-refractivity contribution in [3.05, 3.63) is 0 Å².